The second kappa shape index (κ2) is 7.38. The van der Waals surface area contributed by atoms with E-state index in [1.54, 1.807) is 0 Å². The highest BCUT2D eigenvalue weighted by Gasteiger charge is 2.29. The summed E-state index contributed by atoms with van der Waals surface area (Å²) in [5.41, 5.74) is 0. The molecule has 1 heterocycles. The van der Waals surface area contributed by atoms with Crippen molar-refractivity contribution in [1.29, 1.82) is 0 Å². The quantitative estimate of drug-likeness (QED) is 0.549. The molecule has 1 amide bonds. The average Bonchev–Trinajstić information content (AvgIpc) is 3.27. The highest BCUT2D eigenvalue weighted by Crippen LogP contribution is 2.28. The summed E-state index contributed by atoms with van der Waals surface area (Å²) in [6.45, 7) is 1.64. The third kappa shape index (κ3) is 5.76. The van der Waals surface area contributed by atoms with Crippen LogP contribution in [0.3, 0.4) is 0 Å². The highest BCUT2D eigenvalue weighted by atomic mass is 32.2. The number of hydrogen-bond donors (Lipinski definition) is 3. The van der Waals surface area contributed by atoms with Gasteiger partial charge in [0.1, 0.15) is 0 Å². The van der Waals surface area contributed by atoms with Gasteiger partial charge >= 0.3 is 0 Å². The van der Waals surface area contributed by atoms with Crippen LogP contribution in [0.25, 0.3) is 0 Å². The molecule has 1 saturated carbocycles. The molecule has 1 aliphatic carbocycles. The second-order valence-corrected chi connectivity index (χ2v) is 7.64. The first kappa shape index (κ1) is 15.7. The Hall–Kier alpha value is -0.660. The van der Waals surface area contributed by atoms with Crippen LogP contribution in [0.15, 0.2) is 0 Å². The molecule has 2 fully saturated rings. The van der Waals surface area contributed by atoms with Crippen LogP contribution >= 0.6 is 0 Å². The first-order valence-electron chi connectivity index (χ1n) is 7.55. The maximum absolute atomic E-state index is 11.8. The molecule has 2 rings (SSSR count). The van der Waals surface area contributed by atoms with Gasteiger partial charge in [0.25, 0.3) is 0 Å². The van der Waals surface area contributed by atoms with Gasteiger partial charge in [-0.05, 0) is 38.6 Å². The molecule has 0 aromatic rings. The van der Waals surface area contributed by atoms with Gasteiger partial charge in [-0.15, -0.1) is 0 Å². The molecular weight excluding hydrogens is 278 g/mol. The molecule has 1 aliphatic heterocycles. The van der Waals surface area contributed by atoms with Gasteiger partial charge in [0.2, 0.25) is 15.9 Å². The van der Waals surface area contributed by atoms with Crippen LogP contribution < -0.4 is 15.4 Å². The van der Waals surface area contributed by atoms with E-state index in [4.69, 9.17) is 0 Å². The fourth-order valence-electron chi connectivity index (χ4n) is 2.42. The Balaban J connectivity index is 1.56. The van der Waals surface area contributed by atoms with Crippen molar-refractivity contribution in [3.63, 3.8) is 0 Å². The Morgan fingerprint density at radius 1 is 1.15 bits per heavy atom. The highest BCUT2D eigenvalue weighted by molar-refractivity contribution is 7.89. The summed E-state index contributed by atoms with van der Waals surface area (Å²) >= 11 is 0. The van der Waals surface area contributed by atoms with E-state index in [0.717, 1.165) is 25.8 Å². The number of nitrogens with one attached hydrogen (secondary N) is 3. The third-order valence-electron chi connectivity index (χ3n) is 3.84. The number of rotatable bonds is 8. The molecule has 20 heavy (non-hydrogen) atoms. The third-order valence-corrected chi connectivity index (χ3v) is 5.26. The van der Waals surface area contributed by atoms with Crippen LogP contribution in [0, 0.1) is 5.92 Å². The van der Waals surface area contributed by atoms with E-state index in [1.807, 2.05) is 0 Å². The fraction of sp³-hybridized carbons (Fsp3) is 0.923. The van der Waals surface area contributed by atoms with Crippen molar-refractivity contribution in [3.8, 4) is 0 Å². The standard InChI is InChI=1S/C13H25N3O3S/c17-13(11-4-5-11)15-8-9-16-20(18,19)10-6-12-3-1-2-7-14-12/h11-12,14,16H,1-10H2,(H,15,17). The molecule has 2 aliphatic rings. The average molecular weight is 303 g/mol. The lowest BCUT2D eigenvalue weighted by Gasteiger charge is -2.23. The smallest absolute Gasteiger partial charge is 0.223 e. The first-order valence-corrected chi connectivity index (χ1v) is 9.20. The summed E-state index contributed by atoms with van der Waals surface area (Å²) in [6.07, 6.45) is 6.01. The molecule has 0 bridgehead atoms. The Labute approximate surface area is 121 Å². The van der Waals surface area contributed by atoms with E-state index < -0.39 is 10.0 Å². The lowest BCUT2D eigenvalue weighted by atomic mass is 10.0. The van der Waals surface area contributed by atoms with Crippen molar-refractivity contribution in [1.82, 2.24) is 15.4 Å². The molecule has 1 unspecified atom stereocenters. The van der Waals surface area contributed by atoms with Gasteiger partial charge < -0.3 is 10.6 Å². The van der Waals surface area contributed by atoms with Crippen molar-refractivity contribution in [3.05, 3.63) is 0 Å². The molecule has 0 radical (unpaired) electrons. The molecular formula is C13H25N3O3S. The summed E-state index contributed by atoms with van der Waals surface area (Å²) in [7, 11) is -3.22. The van der Waals surface area contributed by atoms with Gasteiger partial charge in [-0.25, -0.2) is 13.1 Å². The van der Waals surface area contributed by atoms with Crippen molar-refractivity contribution in [2.75, 3.05) is 25.4 Å². The maximum Gasteiger partial charge on any atom is 0.223 e. The van der Waals surface area contributed by atoms with Crippen LogP contribution in [-0.4, -0.2) is 45.8 Å². The molecule has 6 nitrogen and oxygen atoms in total. The van der Waals surface area contributed by atoms with E-state index >= 15 is 0 Å². The summed E-state index contributed by atoms with van der Waals surface area (Å²) in [6, 6.07) is 0.329. The van der Waals surface area contributed by atoms with Gasteiger partial charge in [-0.3, -0.25) is 4.79 Å². The zero-order valence-electron chi connectivity index (χ0n) is 11.9. The van der Waals surface area contributed by atoms with Crippen LogP contribution in [0.4, 0.5) is 0 Å². The predicted octanol–water partition coefficient (Wildman–Crippen LogP) is -0.0358. The van der Waals surface area contributed by atoms with Crippen LogP contribution in [-0.2, 0) is 14.8 Å². The van der Waals surface area contributed by atoms with Crippen molar-refractivity contribution < 1.29 is 13.2 Å². The van der Waals surface area contributed by atoms with Gasteiger partial charge in [-0.2, -0.15) is 0 Å². The number of sulfonamides is 1. The number of hydrogen-bond acceptors (Lipinski definition) is 4. The van der Waals surface area contributed by atoms with E-state index in [2.05, 4.69) is 15.4 Å². The number of carbonyl (C=O) groups is 1. The number of amides is 1. The SMILES string of the molecule is O=C(NCCNS(=O)(=O)CCC1CCCCN1)C1CC1. The van der Waals surface area contributed by atoms with E-state index in [1.165, 1.54) is 12.8 Å². The monoisotopic (exact) mass is 303 g/mol. The molecule has 1 atom stereocenters. The van der Waals surface area contributed by atoms with Crippen LogP contribution in [0.2, 0.25) is 0 Å². The Morgan fingerprint density at radius 3 is 2.60 bits per heavy atom. The Morgan fingerprint density at radius 2 is 1.95 bits per heavy atom. The summed E-state index contributed by atoms with van der Waals surface area (Å²) in [5.74, 6) is 0.376. The topological polar surface area (TPSA) is 87.3 Å². The minimum atomic E-state index is -3.22. The van der Waals surface area contributed by atoms with Crippen molar-refractivity contribution >= 4 is 15.9 Å². The number of piperidine rings is 1. The molecule has 3 N–H and O–H groups in total. The Kier molecular flexibility index (Phi) is 5.80. The first-order chi connectivity index (χ1) is 9.57. The predicted molar refractivity (Wildman–Crippen MR) is 77.8 cm³/mol. The maximum atomic E-state index is 11.8. The lowest BCUT2D eigenvalue weighted by Crippen LogP contribution is -2.39. The largest absolute Gasteiger partial charge is 0.355 e. The number of carbonyl (C=O) groups excluding carboxylic acids is 1. The molecule has 0 aromatic carbocycles. The summed E-state index contributed by atoms with van der Waals surface area (Å²) in [4.78, 5) is 11.4. The van der Waals surface area contributed by atoms with Gasteiger partial charge in [0.05, 0.1) is 5.75 Å². The van der Waals surface area contributed by atoms with E-state index in [9.17, 15) is 13.2 Å². The second-order valence-electron chi connectivity index (χ2n) is 5.71. The lowest BCUT2D eigenvalue weighted by molar-refractivity contribution is -0.122. The minimum Gasteiger partial charge on any atom is -0.355 e. The zero-order chi connectivity index (χ0) is 14.4. The normalized spacial score (nSPS) is 23.5. The zero-order valence-corrected chi connectivity index (χ0v) is 12.7. The van der Waals surface area contributed by atoms with Crippen LogP contribution in [0.5, 0.6) is 0 Å². The summed E-state index contributed by atoms with van der Waals surface area (Å²) in [5, 5.41) is 6.09. The van der Waals surface area contributed by atoms with Gasteiger partial charge in [0.15, 0.2) is 0 Å². The van der Waals surface area contributed by atoms with Gasteiger partial charge in [0, 0.05) is 25.0 Å². The van der Waals surface area contributed by atoms with Crippen molar-refractivity contribution in [2.24, 2.45) is 5.92 Å². The van der Waals surface area contributed by atoms with E-state index in [-0.39, 0.29) is 24.1 Å². The molecule has 0 aromatic heterocycles. The van der Waals surface area contributed by atoms with E-state index in [0.29, 0.717) is 19.0 Å². The van der Waals surface area contributed by atoms with Gasteiger partial charge in [-0.1, -0.05) is 6.42 Å². The molecule has 0 spiro atoms. The fourth-order valence-corrected chi connectivity index (χ4v) is 3.57. The molecule has 116 valence electrons. The van der Waals surface area contributed by atoms with Crippen LogP contribution in [0.1, 0.15) is 38.5 Å². The minimum absolute atomic E-state index is 0.0515. The Bertz CT molecular complexity index is 415. The summed E-state index contributed by atoms with van der Waals surface area (Å²) < 4.78 is 26.2. The molecule has 7 heteroatoms. The van der Waals surface area contributed by atoms with Crippen molar-refractivity contribution in [2.45, 2.75) is 44.6 Å². The molecule has 1 saturated heterocycles.